The monoisotopic (exact) mass is 383 g/mol. The van der Waals surface area contributed by atoms with Crippen LogP contribution in [-0.2, 0) is 14.3 Å². The summed E-state index contributed by atoms with van der Waals surface area (Å²) in [6.45, 7) is 9.35. The van der Waals surface area contributed by atoms with E-state index in [-0.39, 0.29) is 0 Å². The number of halogens is 1. The van der Waals surface area contributed by atoms with E-state index < -0.39 is 17.7 Å². The second-order valence-corrected chi connectivity index (χ2v) is 7.24. The lowest BCUT2D eigenvalue weighted by Crippen LogP contribution is -2.29. The number of methoxy groups -OCH3 is 1. The third-order valence-corrected chi connectivity index (χ3v) is 4.30. The van der Waals surface area contributed by atoms with Gasteiger partial charge in [-0.25, -0.2) is 9.78 Å². The standard InChI is InChI=1S/C16H22BrN3O3/c1-7-9(14(15(21)22-6)23-16(3,4)5)10(17)12-13(11(7)18)20-8(2)19-12/h14H,18H2,1-6H3,(H,19,20). The fourth-order valence-electron chi connectivity index (χ4n) is 2.47. The highest BCUT2D eigenvalue weighted by molar-refractivity contribution is 9.10. The van der Waals surface area contributed by atoms with Crippen LogP contribution in [0.5, 0.6) is 0 Å². The Morgan fingerprint density at radius 2 is 1.96 bits per heavy atom. The minimum absolute atomic E-state index is 0.477. The zero-order valence-corrected chi connectivity index (χ0v) is 15.8. The Morgan fingerprint density at radius 1 is 1.35 bits per heavy atom. The summed E-state index contributed by atoms with van der Waals surface area (Å²) in [6.07, 6.45) is -0.891. The zero-order valence-electron chi connectivity index (χ0n) is 14.2. The Labute approximate surface area is 143 Å². The molecule has 0 amide bonds. The molecule has 0 spiro atoms. The quantitative estimate of drug-likeness (QED) is 0.624. The maximum Gasteiger partial charge on any atom is 0.339 e. The first-order valence-corrected chi connectivity index (χ1v) is 8.05. The lowest BCUT2D eigenvalue weighted by molar-refractivity contribution is -0.164. The third-order valence-electron chi connectivity index (χ3n) is 3.49. The zero-order chi connectivity index (χ0) is 17.5. The number of nitrogens with two attached hydrogens (primary N) is 1. The van der Waals surface area contributed by atoms with Gasteiger partial charge in [-0.2, -0.15) is 0 Å². The first-order valence-electron chi connectivity index (χ1n) is 7.26. The molecule has 7 heteroatoms. The number of benzene rings is 1. The Kier molecular flexibility index (Phi) is 4.73. The van der Waals surface area contributed by atoms with Crippen molar-refractivity contribution in [2.75, 3.05) is 12.8 Å². The molecule has 23 heavy (non-hydrogen) atoms. The number of anilines is 1. The van der Waals surface area contributed by atoms with Crippen molar-refractivity contribution in [2.24, 2.45) is 0 Å². The summed E-state index contributed by atoms with van der Waals surface area (Å²) in [6, 6.07) is 0. The van der Waals surface area contributed by atoms with Crippen molar-refractivity contribution in [2.45, 2.75) is 46.3 Å². The lowest BCUT2D eigenvalue weighted by Gasteiger charge is -2.28. The Bertz CT molecular complexity index is 762. The van der Waals surface area contributed by atoms with Gasteiger partial charge in [0.2, 0.25) is 0 Å². The molecule has 0 radical (unpaired) electrons. The molecule has 2 aromatic rings. The van der Waals surface area contributed by atoms with Crippen molar-refractivity contribution in [3.8, 4) is 0 Å². The lowest BCUT2D eigenvalue weighted by atomic mass is 9.99. The average Bonchev–Trinajstić information content (AvgIpc) is 2.84. The summed E-state index contributed by atoms with van der Waals surface area (Å²) in [4.78, 5) is 19.9. The molecular weight excluding hydrogens is 362 g/mol. The third kappa shape index (κ3) is 3.35. The van der Waals surface area contributed by atoms with Crippen LogP contribution in [0.15, 0.2) is 4.47 Å². The van der Waals surface area contributed by atoms with Gasteiger partial charge >= 0.3 is 5.97 Å². The summed E-state index contributed by atoms with van der Waals surface area (Å²) in [7, 11) is 1.34. The average molecular weight is 384 g/mol. The van der Waals surface area contributed by atoms with Crippen LogP contribution in [0.1, 0.15) is 43.8 Å². The van der Waals surface area contributed by atoms with Crippen molar-refractivity contribution < 1.29 is 14.3 Å². The van der Waals surface area contributed by atoms with Gasteiger partial charge in [0.05, 0.1) is 28.4 Å². The maximum atomic E-state index is 12.3. The number of ether oxygens (including phenoxy) is 2. The van der Waals surface area contributed by atoms with Gasteiger partial charge in [-0.1, -0.05) is 0 Å². The second-order valence-electron chi connectivity index (χ2n) is 6.45. The van der Waals surface area contributed by atoms with E-state index >= 15 is 0 Å². The van der Waals surface area contributed by atoms with Crippen LogP contribution >= 0.6 is 15.9 Å². The van der Waals surface area contributed by atoms with Gasteiger partial charge in [-0.05, 0) is 56.1 Å². The van der Waals surface area contributed by atoms with E-state index in [0.717, 1.165) is 16.9 Å². The Morgan fingerprint density at radius 3 is 2.48 bits per heavy atom. The molecular formula is C16H22BrN3O3. The van der Waals surface area contributed by atoms with Crippen molar-refractivity contribution in [3.05, 3.63) is 21.4 Å². The van der Waals surface area contributed by atoms with Gasteiger partial charge < -0.3 is 20.2 Å². The highest BCUT2D eigenvalue weighted by atomic mass is 79.9. The van der Waals surface area contributed by atoms with Crippen molar-refractivity contribution in [1.29, 1.82) is 0 Å². The molecule has 0 bridgehead atoms. The van der Waals surface area contributed by atoms with Gasteiger partial charge in [-0.15, -0.1) is 0 Å². The summed E-state index contributed by atoms with van der Waals surface area (Å²) in [5, 5.41) is 0. The number of rotatable bonds is 3. The predicted molar refractivity (Wildman–Crippen MR) is 93.3 cm³/mol. The van der Waals surface area contributed by atoms with E-state index in [4.69, 9.17) is 15.2 Å². The van der Waals surface area contributed by atoms with Crippen LogP contribution in [0, 0.1) is 13.8 Å². The fourth-order valence-corrected chi connectivity index (χ4v) is 3.26. The summed E-state index contributed by atoms with van der Waals surface area (Å²) >= 11 is 3.56. The van der Waals surface area contributed by atoms with Crippen LogP contribution in [-0.4, -0.2) is 28.6 Å². The summed E-state index contributed by atoms with van der Waals surface area (Å²) < 4.78 is 11.6. The molecule has 1 aromatic carbocycles. The minimum Gasteiger partial charge on any atom is -0.467 e. The number of nitrogens with one attached hydrogen (secondary N) is 1. The highest BCUT2D eigenvalue weighted by Crippen LogP contribution is 2.40. The molecule has 0 aliphatic heterocycles. The summed E-state index contributed by atoms with van der Waals surface area (Å²) in [5.74, 6) is 0.269. The van der Waals surface area contributed by atoms with Gasteiger partial charge in [0, 0.05) is 5.56 Å². The Hall–Kier alpha value is -1.60. The molecule has 6 nitrogen and oxygen atoms in total. The number of aromatic amines is 1. The van der Waals surface area contributed by atoms with Gasteiger partial charge in [-0.3, -0.25) is 0 Å². The molecule has 1 atom stereocenters. The first kappa shape index (κ1) is 17.7. The number of nitrogens with zero attached hydrogens (tertiary/aromatic N) is 1. The number of carbonyl (C=O) groups is 1. The molecule has 0 saturated heterocycles. The van der Waals surface area contributed by atoms with E-state index in [2.05, 4.69) is 25.9 Å². The predicted octanol–water partition coefficient (Wildman–Crippen LogP) is 3.55. The van der Waals surface area contributed by atoms with Crippen molar-refractivity contribution >= 4 is 38.6 Å². The smallest absolute Gasteiger partial charge is 0.339 e. The molecule has 1 heterocycles. The summed E-state index contributed by atoms with van der Waals surface area (Å²) in [5.41, 5.74) is 9.08. The topological polar surface area (TPSA) is 90.2 Å². The largest absolute Gasteiger partial charge is 0.467 e. The normalized spacial score (nSPS) is 13.3. The molecule has 0 fully saturated rings. The van der Waals surface area contributed by atoms with E-state index in [1.807, 2.05) is 34.6 Å². The van der Waals surface area contributed by atoms with Crippen molar-refractivity contribution in [3.63, 3.8) is 0 Å². The Balaban J connectivity index is 2.74. The molecule has 0 aliphatic carbocycles. The van der Waals surface area contributed by atoms with Gasteiger partial charge in [0.15, 0.2) is 6.10 Å². The van der Waals surface area contributed by atoms with Crippen LogP contribution < -0.4 is 5.73 Å². The van der Waals surface area contributed by atoms with E-state index in [1.54, 1.807) is 0 Å². The number of hydrogen-bond donors (Lipinski definition) is 2. The SMILES string of the molecule is COC(=O)C(OC(C)(C)C)c1c(C)c(N)c2[nH]c(C)nc2c1Br. The molecule has 3 N–H and O–H groups in total. The number of fused-ring (bicyclic) bond motifs is 1. The number of aromatic nitrogens is 2. The molecule has 2 rings (SSSR count). The van der Waals surface area contributed by atoms with Gasteiger partial charge in [0.25, 0.3) is 0 Å². The van der Waals surface area contributed by atoms with Crippen molar-refractivity contribution in [1.82, 2.24) is 9.97 Å². The van der Waals surface area contributed by atoms with E-state index in [9.17, 15) is 4.79 Å². The van der Waals surface area contributed by atoms with Crippen LogP contribution in [0.4, 0.5) is 5.69 Å². The molecule has 0 saturated carbocycles. The number of carbonyl (C=O) groups excluding carboxylic acids is 1. The second kappa shape index (κ2) is 6.13. The van der Waals surface area contributed by atoms with Crippen LogP contribution in [0.3, 0.4) is 0 Å². The molecule has 1 aromatic heterocycles. The number of H-pyrrole nitrogens is 1. The molecule has 0 aliphatic rings. The first-order chi connectivity index (χ1) is 10.6. The maximum absolute atomic E-state index is 12.3. The number of imidazole rings is 1. The number of hydrogen-bond acceptors (Lipinski definition) is 5. The van der Waals surface area contributed by atoms with E-state index in [1.165, 1.54) is 7.11 Å². The van der Waals surface area contributed by atoms with E-state index in [0.29, 0.717) is 21.2 Å². The fraction of sp³-hybridized carbons (Fsp3) is 0.500. The highest BCUT2D eigenvalue weighted by Gasteiger charge is 2.33. The van der Waals surface area contributed by atoms with Crippen LogP contribution in [0.2, 0.25) is 0 Å². The number of aryl methyl sites for hydroxylation is 1. The number of nitrogen functional groups attached to an aromatic ring is 1. The minimum atomic E-state index is -0.891. The number of esters is 1. The molecule has 1 unspecified atom stereocenters. The van der Waals surface area contributed by atoms with Gasteiger partial charge in [0.1, 0.15) is 11.3 Å². The van der Waals surface area contributed by atoms with Crippen LogP contribution in [0.25, 0.3) is 11.0 Å². The molecule has 126 valence electrons.